The van der Waals surface area contributed by atoms with Crippen LogP contribution in [0.2, 0.25) is 0 Å². The Morgan fingerprint density at radius 3 is 2.41 bits per heavy atom. The highest BCUT2D eigenvalue weighted by Gasteiger charge is 2.36. The molecule has 0 unspecified atom stereocenters. The lowest BCUT2D eigenvalue weighted by Crippen LogP contribution is -2.40. The van der Waals surface area contributed by atoms with Gasteiger partial charge in [-0.2, -0.15) is 13.2 Å². The molecule has 2 aliphatic rings. The van der Waals surface area contributed by atoms with Crippen LogP contribution in [0.3, 0.4) is 0 Å². The molecule has 6 rings (SSSR count). The summed E-state index contributed by atoms with van der Waals surface area (Å²) in [5, 5.41) is 0. The molecule has 1 saturated carbocycles. The molecule has 1 N–H and O–H groups in total. The first kappa shape index (κ1) is 36.3. The minimum atomic E-state index is -4.68. The standard InChI is InChI=1S/C36H45F3N8O4/c1-5-50-30-17-24(16-28(43-30)36(37,38)39)25-18-27(46(3)21-35(22-49-4)12-8-7-9-13-35)31-33(42-25)45-32(44-31)26-19-41-29(20-40-26)47-14-10-23(11-15-47)34(48)51-6-2/h16-20,23H,5-15,21-22H2,1-4H3,(H,42,44,45). The van der Waals surface area contributed by atoms with Crippen molar-refractivity contribution in [1.82, 2.24) is 29.9 Å². The zero-order valence-electron chi connectivity index (χ0n) is 29.6. The van der Waals surface area contributed by atoms with Crippen LogP contribution in [-0.2, 0) is 20.4 Å². The van der Waals surface area contributed by atoms with E-state index in [-0.39, 0.29) is 35.4 Å². The molecule has 0 spiro atoms. The second-order valence-electron chi connectivity index (χ2n) is 13.4. The van der Waals surface area contributed by atoms with Gasteiger partial charge in [-0.3, -0.25) is 4.79 Å². The zero-order valence-corrected chi connectivity index (χ0v) is 29.6. The number of carbonyl (C=O) groups excluding carboxylic acids is 1. The first-order valence-corrected chi connectivity index (χ1v) is 17.6. The number of ether oxygens (including phenoxy) is 3. The van der Waals surface area contributed by atoms with Crippen molar-refractivity contribution in [2.45, 2.75) is 65.0 Å². The van der Waals surface area contributed by atoms with E-state index in [1.807, 2.05) is 14.0 Å². The summed E-state index contributed by atoms with van der Waals surface area (Å²) in [4.78, 5) is 42.3. The number of anilines is 2. The van der Waals surface area contributed by atoms with E-state index < -0.39 is 11.9 Å². The van der Waals surface area contributed by atoms with Crippen molar-refractivity contribution >= 4 is 28.6 Å². The number of aromatic nitrogens is 6. The molecule has 274 valence electrons. The number of imidazole rings is 1. The molecule has 5 heterocycles. The van der Waals surface area contributed by atoms with E-state index in [2.05, 4.69) is 29.7 Å². The van der Waals surface area contributed by atoms with Crippen LogP contribution in [0.15, 0.2) is 30.6 Å². The third kappa shape index (κ3) is 8.18. The van der Waals surface area contributed by atoms with Crippen LogP contribution in [-0.4, -0.2) is 89.5 Å². The van der Waals surface area contributed by atoms with Crippen molar-refractivity contribution in [3.63, 3.8) is 0 Å². The van der Waals surface area contributed by atoms with E-state index in [1.54, 1.807) is 32.5 Å². The minimum Gasteiger partial charge on any atom is -0.478 e. The quantitative estimate of drug-likeness (QED) is 0.158. The van der Waals surface area contributed by atoms with Crippen LogP contribution in [0.1, 0.15) is 64.5 Å². The Labute approximate surface area is 295 Å². The summed E-state index contributed by atoms with van der Waals surface area (Å²) < 4.78 is 58.2. The van der Waals surface area contributed by atoms with Gasteiger partial charge in [-0.1, -0.05) is 19.3 Å². The molecule has 0 atom stereocenters. The number of carbonyl (C=O) groups is 1. The van der Waals surface area contributed by atoms with Crippen molar-refractivity contribution in [3.8, 4) is 28.7 Å². The average molecular weight is 711 g/mol. The van der Waals surface area contributed by atoms with Gasteiger partial charge in [0.2, 0.25) is 5.88 Å². The number of rotatable bonds is 12. The van der Waals surface area contributed by atoms with Crippen molar-refractivity contribution in [2.75, 3.05) is 63.4 Å². The van der Waals surface area contributed by atoms with E-state index >= 15 is 0 Å². The first-order valence-electron chi connectivity index (χ1n) is 17.6. The molecule has 12 nitrogen and oxygen atoms in total. The van der Waals surface area contributed by atoms with Gasteiger partial charge in [0.25, 0.3) is 0 Å². The molecule has 0 amide bonds. The van der Waals surface area contributed by atoms with Crippen molar-refractivity contribution in [3.05, 3.63) is 36.3 Å². The SMILES string of the molecule is CCOC(=O)C1CCN(c2cnc(-c3nc4nc(-c5cc(OCC)nc(C(F)(F)F)c5)cc(N(C)CC5(COC)CCCCC5)c4[nH]3)cn2)CC1. The van der Waals surface area contributed by atoms with Gasteiger partial charge in [0.05, 0.1) is 49.5 Å². The number of halogens is 3. The smallest absolute Gasteiger partial charge is 0.433 e. The van der Waals surface area contributed by atoms with E-state index in [0.29, 0.717) is 79.9 Å². The molecule has 1 saturated heterocycles. The fraction of sp³-hybridized carbons (Fsp3) is 0.556. The number of fused-ring (bicyclic) bond motifs is 1. The van der Waals surface area contributed by atoms with Crippen molar-refractivity contribution in [2.24, 2.45) is 11.3 Å². The molecule has 1 aliphatic carbocycles. The highest BCUT2D eigenvalue weighted by atomic mass is 19.4. The highest BCUT2D eigenvalue weighted by molar-refractivity contribution is 5.91. The number of methoxy groups -OCH3 is 1. The predicted molar refractivity (Wildman–Crippen MR) is 187 cm³/mol. The molecule has 0 aromatic carbocycles. The van der Waals surface area contributed by atoms with E-state index in [4.69, 9.17) is 24.2 Å². The number of aromatic amines is 1. The second-order valence-corrected chi connectivity index (χ2v) is 13.4. The first-order chi connectivity index (χ1) is 24.5. The van der Waals surface area contributed by atoms with E-state index in [1.165, 1.54) is 12.5 Å². The van der Waals surface area contributed by atoms with Crippen molar-refractivity contribution < 1.29 is 32.2 Å². The maximum absolute atomic E-state index is 13.9. The lowest BCUT2D eigenvalue weighted by Gasteiger charge is -2.40. The molecule has 0 radical (unpaired) electrons. The molecule has 4 aromatic heterocycles. The molecule has 15 heteroatoms. The fourth-order valence-corrected chi connectivity index (χ4v) is 7.32. The van der Waals surface area contributed by atoms with Crippen LogP contribution in [0, 0.1) is 11.3 Å². The third-order valence-electron chi connectivity index (χ3n) is 9.79. The van der Waals surface area contributed by atoms with Crippen LogP contribution in [0.5, 0.6) is 5.88 Å². The average Bonchev–Trinajstić information content (AvgIpc) is 3.56. The Hall–Kier alpha value is -4.53. The predicted octanol–water partition coefficient (Wildman–Crippen LogP) is 6.71. The van der Waals surface area contributed by atoms with Gasteiger partial charge >= 0.3 is 12.1 Å². The Morgan fingerprint density at radius 1 is 1.00 bits per heavy atom. The summed E-state index contributed by atoms with van der Waals surface area (Å²) in [7, 11) is 3.69. The Bertz CT molecular complexity index is 1800. The van der Waals surface area contributed by atoms with Gasteiger partial charge in [-0.05, 0) is 51.7 Å². The Balaban J connectivity index is 1.36. The normalized spacial score (nSPS) is 16.7. The fourth-order valence-electron chi connectivity index (χ4n) is 7.32. The number of hydrogen-bond acceptors (Lipinski definition) is 11. The summed E-state index contributed by atoms with van der Waals surface area (Å²) in [6.45, 7) is 6.61. The number of alkyl halides is 3. The number of nitrogens with zero attached hydrogens (tertiary/aromatic N) is 7. The van der Waals surface area contributed by atoms with Gasteiger partial charge < -0.3 is 29.0 Å². The van der Waals surface area contributed by atoms with Gasteiger partial charge in [0.1, 0.15) is 22.7 Å². The number of pyridine rings is 2. The summed E-state index contributed by atoms with van der Waals surface area (Å²) in [6, 6.07) is 4.24. The van der Waals surface area contributed by atoms with Gasteiger partial charge in [0.15, 0.2) is 11.5 Å². The molecule has 1 aliphatic heterocycles. The zero-order chi connectivity index (χ0) is 36.2. The summed E-state index contributed by atoms with van der Waals surface area (Å²) >= 11 is 0. The lowest BCUT2D eigenvalue weighted by atomic mass is 9.74. The third-order valence-corrected chi connectivity index (χ3v) is 9.79. The van der Waals surface area contributed by atoms with Gasteiger partial charge in [-0.15, -0.1) is 0 Å². The van der Waals surface area contributed by atoms with Crippen LogP contribution >= 0.6 is 0 Å². The molecule has 4 aromatic rings. The number of H-pyrrole nitrogens is 1. The van der Waals surface area contributed by atoms with Crippen LogP contribution < -0.4 is 14.5 Å². The monoisotopic (exact) mass is 710 g/mol. The molecule has 0 bridgehead atoms. The van der Waals surface area contributed by atoms with Crippen LogP contribution in [0.4, 0.5) is 24.7 Å². The van der Waals surface area contributed by atoms with E-state index in [0.717, 1.165) is 37.4 Å². The summed E-state index contributed by atoms with van der Waals surface area (Å²) in [5.74, 6) is 0.710. The molecule has 51 heavy (non-hydrogen) atoms. The summed E-state index contributed by atoms with van der Waals surface area (Å²) in [5.41, 5.74) is 1.53. The minimum absolute atomic E-state index is 0.0747. The largest absolute Gasteiger partial charge is 0.478 e. The summed E-state index contributed by atoms with van der Waals surface area (Å²) in [6.07, 6.45) is 5.42. The van der Waals surface area contributed by atoms with Crippen LogP contribution in [0.25, 0.3) is 33.9 Å². The highest BCUT2D eigenvalue weighted by Crippen LogP contribution is 2.40. The number of hydrogen-bond donors (Lipinski definition) is 1. The van der Waals surface area contributed by atoms with E-state index in [9.17, 15) is 18.0 Å². The van der Waals surface area contributed by atoms with Crippen molar-refractivity contribution in [1.29, 1.82) is 0 Å². The molecular formula is C36H45F3N8O4. The van der Waals surface area contributed by atoms with Gasteiger partial charge in [-0.25, -0.2) is 24.9 Å². The number of piperidine rings is 1. The van der Waals surface area contributed by atoms with Gasteiger partial charge in [0, 0.05) is 50.8 Å². The molecular weight excluding hydrogens is 665 g/mol. The number of nitrogens with one attached hydrogen (secondary N) is 1. The Kier molecular flexibility index (Phi) is 10.9. The lowest BCUT2D eigenvalue weighted by molar-refractivity contribution is -0.148. The maximum Gasteiger partial charge on any atom is 0.433 e. The molecule has 2 fully saturated rings. The maximum atomic E-state index is 13.9. The second kappa shape index (κ2) is 15.4. The number of esters is 1. The Morgan fingerprint density at radius 2 is 1.76 bits per heavy atom. The topological polar surface area (TPSA) is 131 Å².